The van der Waals surface area contributed by atoms with Crippen LogP contribution in [0.25, 0.3) is 0 Å². The molecule has 2 N–H and O–H groups in total. The van der Waals surface area contributed by atoms with E-state index in [-0.39, 0.29) is 18.0 Å². The van der Waals surface area contributed by atoms with Crippen LogP contribution < -0.4 is 10.6 Å². The normalized spacial score (nSPS) is 20.5. The number of hydrogen-bond acceptors (Lipinski definition) is 3. The molecule has 1 aliphatic carbocycles. The van der Waals surface area contributed by atoms with E-state index in [1.54, 1.807) is 29.2 Å². The second kappa shape index (κ2) is 7.97. The molecule has 3 amide bonds. The van der Waals surface area contributed by atoms with Crippen molar-refractivity contribution in [1.82, 2.24) is 10.2 Å². The summed E-state index contributed by atoms with van der Waals surface area (Å²) in [6, 6.07) is 7.00. The van der Waals surface area contributed by atoms with Gasteiger partial charge in [0.25, 0.3) is 5.91 Å². The average Bonchev–Trinajstić information content (AvgIpc) is 2.63. The smallest absolute Gasteiger partial charge is 0.319 e. The highest BCUT2D eigenvalue weighted by molar-refractivity contribution is 5.95. The SMILES string of the molecule is O=C(Nc1ccc(C(=O)N2CCOCC2)cc1)N[C@@H]1CC=CCC1. The Hall–Kier alpha value is -2.34. The van der Waals surface area contributed by atoms with Crippen LogP contribution in [0.2, 0.25) is 0 Å². The Morgan fingerprint density at radius 1 is 1.08 bits per heavy atom. The molecular weight excluding hydrogens is 306 g/mol. The number of carbonyl (C=O) groups excluding carboxylic acids is 2. The number of nitrogens with one attached hydrogen (secondary N) is 2. The summed E-state index contributed by atoms with van der Waals surface area (Å²) < 4.78 is 5.26. The fraction of sp³-hybridized carbons (Fsp3) is 0.444. The number of benzene rings is 1. The first-order valence-electron chi connectivity index (χ1n) is 8.42. The average molecular weight is 329 g/mol. The lowest BCUT2D eigenvalue weighted by atomic mass is 10.0. The van der Waals surface area contributed by atoms with Crippen LogP contribution in [-0.4, -0.2) is 49.2 Å². The predicted octanol–water partition coefficient (Wildman–Crippen LogP) is 2.39. The molecule has 1 aromatic carbocycles. The largest absolute Gasteiger partial charge is 0.378 e. The molecule has 1 saturated heterocycles. The first-order valence-corrected chi connectivity index (χ1v) is 8.42. The molecule has 1 atom stereocenters. The number of ether oxygens (including phenoxy) is 1. The Morgan fingerprint density at radius 3 is 2.50 bits per heavy atom. The molecule has 0 radical (unpaired) electrons. The summed E-state index contributed by atoms with van der Waals surface area (Å²) in [6.45, 7) is 2.41. The van der Waals surface area contributed by atoms with Gasteiger partial charge < -0.3 is 20.3 Å². The Balaban J connectivity index is 1.53. The number of morpholine rings is 1. The summed E-state index contributed by atoms with van der Waals surface area (Å²) in [5.41, 5.74) is 1.30. The van der Waals surface area contributed by atoms with E-state index in [2.05, 4.69) is 22.8 Å². The number of carbonyl (C=O) groups is 2. The van der Waals surface area contributed by atoms with E-state index in [9.17, 15) is 9.59 Å². The van der Waals surface area contributed by atoms with Crippen LogP contribution in [0.5, 0.6) is 0 Å². The molecule has 1 fully saturated rings. The number of anilines is 1. The molecule has 2 aliphatic rings. The van der Waals surface area contributed by atoms with Gasteiger partial charge in [-0.2, -0.15) is 0 Å². The molecule has 6 nitrogen and oxygen atoms in total. The third-order valence-electron chi connectivity index (χ3n) is 4.29. The molecule has 0 unspecified atom stereocenters. The summed E-state index contributed by atoms with van der Waals surface area (Å²) in [4.78, 5) is 26.2. The van der Waals surface area contributed by atoms with Crippen molar-refractivity contribution in [3.8, 4) is 0 Å². The van der Waals surface area contributed by atoms with Crippen LogP contribution in [0.15, 0.2) is 36.4 Å². The number of amides is 3. The zero-order valence-electron chi connectivity index (χ0n) is 13.7. The second-order valence-electron chi connectivity index (χ2n) is 6.06. The van der Waals surface area contributed by atoms with Crippen LogP contribution >= 0.6 is 0 Å². The van der Waals surface area contributed by atoms with Crippen LogP contribution in [-0.2, 0) is 4.74 Å². The van der Waals surface area contributed by atoms with Crippen molar-refractivity contribution < 1.29 is 14.3 Å². The first kappa shape index (κ1) is 16.5. The third kappa shape index (κ3) is 4.35. The Labute approximate surface area is 141 Å². The Bertz CT molecular complexity index is 606. The van der Waals surface area contributed by atoms with E-state index >= 15 is 0 Å². The molecule has 24 heavy (non-hydrogen) atoms. The summed E-state index contributed by atoms with van der Waals surface area (Å²) in [6.07, 6.45) is 7.08. The van der Waals surface area contributed by atoms with E-state index in [4.69, 9.17) is 4.74 Å². The van der Waals surface area contributed by atoms with Gasteiger partial charge in [-0.05, 0) is 43.5 Å². The van der Waals surface area contributed by atoms with Gasteiger partial charge in [0.1, 0.15) is 0 Å². The number of rotatable bonds is 3. The van der Waals surface area contributed by atoms with E-state index in [0.717, 1.165) is 19.3 Å². The molecular formula is C18H23N3O3. The van der Waals surface area contributed by atoms with Crippen molar-refractivity contribution in [2.24, 2.45) is 0 Å². The van der Waals surface area contributed by atoms with Crippen molar-refractivity contribution in [2.75, 3.05) is 31.6 Å². The third-order valence-corrected chi connectivity index (χ3v) is 4.29. The Kier molecular flexibility index (Phi) is 5.48. The maximum atomic E-state index is 12.4. The highest BCUT2D eigenvalue weighted by Gasteiger charge is 2.18. The maximum Gasteiger partial charge on any atom is 0.319 e. The van der Waals surface area contributed by atoms with Gasteiger partial charge in [0.05, 0.1) is 13.2 Å². The zero-order chi connectivity index (χ0) is 16.8. The fourth-order valence-corrected chi connectivity index (χ4v) is 2.92. The summed E-state index contributed by atoms with van der Waals surface area (Å²) in [5.74, 6) is 0.00305. The minimum absolute atomic E-state index is 0.00305. The van der Waals surface area contributed by atoms with Gasteiger partial charge in [-0.25, -0.2) is 4.79 Å². The fourth-order valence-electron chi connectivity index (χ4n) is 2.92. The standard InChI is InChI=1S/C18H23N3O3/c22-17(21-10-12-24-13-11-21)14-6-8-16(9-7-14)20-18(23)19-15-4-2-1-3-5-15/h1-2,6-9,15H,3-5,10-13H2,(H2,19,20,23)/t15-/m1/s1. The molecule has 6 heteroatoms. The molecule has 0 aromatic heterocycles. The van der Waals surface area contributed by atoms with E-state index in [1.807, 2.05) is 0 Å². The Morgan fingerprint density at radius 2 is 1.83 bits per heavy atom. The predicted molar refractivity (Wildman–Crippen MR) is 92.1 cm³/mol. The van der Waals surface area contributed by atoms with Crippen molar-refractivity contribution in [3.05, 3.63) is 42.0 Å². The van der Waals surface area contributed by atoms with Crippen LogP contribution in [0.4, 0.5) is 10.5 Å². The number of urea groups is 1. The van der Waals surface area contributed by atoms with Crippen LogP contribution in [0.1, 0.15) is 29.6 Å². The quantitative estimate of drug-likeness (QED) is 0.837. The van der Waals surface area contributed by atoms with E-state index in [1.165, 1.54) is 0 Å². The molecule has 0 bridgehead atoms. The minimum atomic E-state index is -0.206. The second-order valence-corrected chi connectivity index (χ2v) is 6.06. The lowest BCUT2D eigenvalue weighted by molar-refractivity contribution is 0.0303. The highest BCUT2D eigenvalue weighted by Crippen LogP contribution is 2.14. The lowest BCUT2D eigenvalue weighted by Crippen LogP contribution is -2.40. The van der Waals surface area contributed by atoms with Crippen LogP contribution in [0.3, 0.4) is 0 Å². The van der Waals surface area contributed by atoms with Gasteiger partial charge in [-0.1, -0.05) is 12.2 Å². The summed E-state index contributed by atoms with van der Waals surface area (Å²) in [7, 11) is 0. The molecule has 0 saturated carbocycles. The number of hydrogen-bond donors (Lipinski definition) is 2. The lowest BCUT2D eigenvalue weighted by Gasteiger charge is -2.26. The topological polar surface area (TPSA) is 70.7 Å². The van der Waals surface area contributed by atoms with Gasteiger partial charge >= 0.3 is 6.03 Å². The number of allylic oxidation sites excluding steroid dienone is 1. The molecule has 128 valence electrons. The van der Waals surface area contributed by atoms with Crippen molar-refractivity contribution in [1.29, 1.82) is 0 Å². The van der Waals surface area contributed by atoms with Gasteiger partial charge in [0, 0.05) is 30.4 Å². The van der Waals surface area contributed by atoms with Crippen LogP contribution in [0, 0.1) is 0 Å². The van der Waals surface area contributed by atoms with Crippen molar-refractivity contribution in [3.63, 3.8) is 0 Å². The highest BCUT2D eigenvalue weighted by atomic mass is 16.5. The summed E-state index contributed by atoms with van der Waals surface area (Å²) >= 11 is 0. The monoisotopic (exact) mass is 329 g/mol. The van der Waals surface area contributed by atoms with Crippen molar-refractivity contribution >= 4 is 17.6 Å². The van der Waals surface area contributed by atoms with Gasteiger partial charge in [0.2, 0.25) is 0 Å². The zero-order valence-corrected chi connectivity index (χ0v) is 13.7. The minimum Gasteiger partial charge on any atom is -0.378 e. The molecule has 3 rings (SSSR count). The summed E-state index contributed by atoms with van der Waals surface area (Å²) in [5, 5.41) is 5.78. The molecule has 1 heterocycles. The van der Waals surface area contributed by atoms with Crippen molar-refractivity contribution in [2.45, 2.75) is 25.3 Å². The molecule has 1 aliphatic heterocycles. The molecule has 0 spiro atoms. The van der Waals surface area contributed by atoms with Gasteiger partial charge in [-0.3, -0.25) is 4.79 Å². The maximum absolute atomic E-state index is 12.4. The molecule has 1 aromatic rings. The van der Waals surface area contributed by atoms with E-state index < -0.39 is 0 Å². The van der Waals surface area contributed by atoms with Gasteiger partial charge in [0.15, 0.2) is 0 Å². The number of nitrogens with zero attached hydrogens (tertiary/aromatic N) is 1. The first-order chi connectivity index (χ1) is 11.7. The van der Waals surface area contributed by atoms with Gasteiger partial charge in [-0.15, -0.1) is 0 Å². The van der Waals surface area contributed by atoms with E-state index in [0.29, 0.717) is 37.6 Å².